The minimum atomic E-state index is -0.102. The van der Waals surface area contributed by atoms with Gasteiger partial charge < -0.3 is 20.1 Å². The summed E-state index contributed by atoms with van der Waals surface area (Å²) in [6.45, 7) is 5.81. The Balaban J connectivity index is 1.49. The molecular weight excluding hydrogens is 394 g/mol. The maximum atomic E-state index is 12.8. The van der Waals surface area contributed by atoms with Crippen molar-refractivity contribution < 1.29 is 19.1 Å². The summed E-state index contributed by atoms with van der Waals surface area (Å²) in [5.41, 5.74) is 3.76. The van der Waals surface area contributed by atoms with Gasteiger partial charge in [-0.1, -0.05) is 6.07 Å². The second-order valence-electron chi connectivity index (χ2n) is 7.95. The van der Waals surface area contributed by atoms with Crippen LogP contribution in [0.25, 0.3) is 0 Å². The molecule has 2 aromatic carbocycles. The first kappa shape index (κ1) is 22.6. The highest BCUT2D eigenvalue weighted by molar-refractivity contribution is 5.94. The maximum Gasteiger partial charge on any atom is 0.238 e. The summed E-state index contributed by atoms with van der Waals surface area (Å²) < 4.78 is 10.6. The zero-order valence-corrected chi connectivity index (χ0v) is 18.7. The number of nitrogens with one attached hydrogen (secondary N) is 2. The van der Waals surface area contributed by atoms with E-state index in [9.17, 15) is 9.59 Å². The quantitative estimate of drug-likeness (QED) is 0.708. The molecule has 7 heteroatoms. The van der Waals surface area contributed by atoms with Crippen LogP contribution in [0.2, 0.25) is 0 Å². The lowest BCUT2D eigenvalue weighted by molar-refractivity contribution is -0.121. The molecule has 1 heterocycles. The molecule has 0 aromatic heterocycles. The van der Waals surface area contributed by atoms with Crippen LogP contribution >= 0.6 is 0 Å². The van der Waals surface area contributed by atoms with Crippen molar-refractivity contribution >= 4 is 23.2 Å². The number of rotatable bonds is 7. The number of nitrogens with zero attached hydrogens (tertiary/aromatic N) is 1. The molecule has 0 radical (unpaired) electrons. The van der Waals surface area contributed by atoms with Crippen molar-refractivity contribution in [1.29, 1.82) is 0 Å². The van der Waals surface area contributed by atoms with Crippen molar-refractivity contribution in [3.63, 3.8) is 0 Å². The number of hydrogen-bond donors (Lipinski definition) is 2. The van der Waals surface area contributed by atoms with Gasteiger partial charge in [-0.05, 0) is 75.2 Å². The van der Waals surface area contributed by atoms with Gasteiger partial charge in [0.05, 0.1) is 26.5 Å². The largest absolute Gasteiger partial charge is 0.497 e. The molecular formula is C24H31N3O4. The number of hydrogen-bond acceptors (Lipinski definition) is 5. The first-order valence-corrected chi connectivity index (χ1v) is 10.5. The lowest BCUT2D eigenvalue weighted by atomic mass is 9.95. The summed E-state index contributed by atoms with van der Waals surface area (Å²) in [5, 5.41) is 5.92. The molecule has 0 bridgehead atoms. The molecule has 1 saturated heterocycles. The highest BCUT2D eigenvalue weighted by Crippen LogP contribution is 2.30. The van der Waals surface area contributed by atoms with Crippen molar-refractivity contribution in [3.05, 3.63) is 47.5 Å². The number of benzene rings is 2. The Morgan fingerprint density at radius 3 is 2.35 bits per heavy atom. The van der Waals surface area contributed by atoms with Gasteiger partial charge in [0.25, 0.3) is 0 Å². The zero-order valence-electron chi connectivity index (χ0n) is 18.7. The third-order valence-corrected chi connectivity index (χ3v) is 5.78. The van der Waals surface area contributed by atoms with Gasteiger partial charge in [0.15, 0.2) is 0 Å². The number of carbonyl (C=O) groups excluding carboxylic acids is 2. The molecule has 3 rings (SSSR count). The van der Waals surface area contributed by atoms with Crippen LogP contribution in [-0.4, -0.2) is 50.6 Å². The van der Waals surface area contributed by atoms with Crippen molar-refractivity contribution in [2.24, 2.45) is 5.92 Å². The number of anilines is 2. The van der Waals surface area contributed by atoms with Crippen LogP contribution in [0.5, 0.6) is 11.5 Å². The van der Waals surface area contributed by atoms with E-state index in [4.69, 9.17) is 9.47 Å². The molecule has 31 heavy (non-hydrogen) atoms. The molecule has 166 valence electrons. The Kier molecular flexibility index (Phi) is 7.52. The van der Waals surface area contributed by atoms with E-state index in [-0.39, 0.29) is 17.7 Å². The molecule has 0 unspecified atom stereocenters. The molecule has 1 aliphatic rings. The van der Waals surface area contributed by atoms with E-state index in [1.807, 2.05) is 32.0 Å². The SMILES string of the molecule is COc1ccc(OC)c(NC(=O)C2CCN(CC(=O)Nc3ccc(C)c(C)c3)CC2)c1. The third-order valence-electron chi connectivity index (χ3n) is 5.78. The van der Waals surface area contributed by atoms with E-state index in [1.165, 1.54) is 5.56 Å². The van der Waals surface area contributed by atoms with E-state index in [2.05, 4.69) is 15.5 Å². The summed E-state index contributed by atoms with van der Waals surface area (Å²) in [7, 11) is 3.15. The van der Waals surface area contributed by atoms with Crippen molar-refractivity contribution in [1.82, 2.24) is 4.90 Å². The summed E-state index contributed by atoms with van der Waals surface area (Å²) in [5.74, 6) is 1.07. The van der Waals surface area contributed by atoms with Crippen LogP contribution in [0.1, 0.15) is 24.0 Å². The Morgan fingerprint density at radius 1 is 0.968 bits per heavy atom. The van der Waals surface area contributed by atoms with Crippen LogP contribution in [0.3, 0.4) is 0 Å². The first-order chi connectivity index (χ1) is 14.9. The average Bonchev–Trinajstić information content (AvgIpc) is 2.76. The molecule has 2 N–H and O–H groups in total. The van der Waals surface area contributed by atoms with E-state index >= 15 is 0 Å². The van der Waals surface area contributed by atoms with Crippen LogP contribution in [-0.2, 0) is 9.59 Å². The number of likely N-dealkylation sites (tertiary alicyclic amines) is 1. The number of ether oxygens (including phenoxy) is 2. The van der Waals surface area contributed by atoms with E-state index in [0.29, 0.717) is 49.7 Å². The van der Waals surface area contributed by atoms with Crippen molar-refractivity contribution in [2.45, 2.75) is 26.7 Å². The Labute approximate surface area is 183 Å². The fourth-order valence-corrected chi connectivity index (χ4v) is 3.72. The van der Waals surface area contributed by atoms with Gasteiger partial charge in [-0.25, -0.2) is 0 Å². The Morgan fingerprint density at radius 2 is 1.71 bits per heavy atom. The van der Waals surface area contributed by atoms with Crippen LogP contribution < -0.4 is 20.1 Å². The summed E-state index contributed by atoms with van der Waals surface area (Å²) >= 11 is 0. The minimum absolute atomic E-state index is 0.0349. The van der Waals surface area contributed by atoms with Gasteiger partial charge in [0.1, 0.15) is 11.5 Å². The third kappa shape index (κ3) is 5.98. The van der Waals surface area contributed by atoms with Crippen molar-refractivity contribution in [3.8, 4) is 11.5 Å². The molecule has 1 aliphatic heterocycles. The Hall–Kier alpha value is -3.06. The lowest BCUT2D eigenvalue weighted by Crippen LogP contribution is -2.41. The predicted octanol–water partition coefficient (Wildman–Crippen LogP) is 3.61. The highest BCUT2D eigenvalue weighted by atomic mass is 16.5. The van der Waals surface area contributed by atoms with E-state index in [0.717, 1.165) is 11.3 Å². The summed E-state index contributed by atoms with van der Waals surface area (Å²) in [6.07, 6.45) is 1.41. The van der Waals surface area contributed by atoms with Gasteiger partial charge in [0.2, 0.25) is 11.8 Å². The van der Waals surface area contributed by atoms with Crippen LogP contribution in [0, 0.1) is 19.8 Å². The fourth-order valence-electron chi connectivity index (χ4n) is 3.72. The fraction of sp³-hybridized carbons (Fsp3) is 0.417. The second kappa shape index (κ2) is 10.3. The predicted molar refractivity (Wildman–Crippen MR) is 122 cm³/mol. The Bertz CT molecular complexity index is 936. The lowest BCUT2D eigenvalue weighted by Gasteiger charge is -2.30. The molecule has 2 aromatic rings. The molecule has 1 fully saturated rings. The number of carbonyl (C=O) groups is 2. The molecule has 0 atom stereocenters. The van der Waals surface area contributed by atoms with Crippen LogP contribution in [0.4, 0.5) is 11.4 Å². The topological polar surface area (TPSA) is 79.9 Å². The highest BCUT2D eigenvalue weighted by Gasteiger charge is 2.26. The van der Waals surface area contributed by atoms with Gasteiger partial charge in [-0.15, -0.1) is 0 Å². The normalized spacial score (nSPS) is 14.7. The molecule has 2 amide bonds. The monoisotopic (exact) mass is 425 g/mol. The summed E-state index contributed by atoms with van der Waals surface area (Å²) in [4.78, 5) is 27.3. The molecule has 0 aliphatic carbocycles. The molecule has 0 saturated carbocycles. The second-order valence-corrected chi connectivity index (χ2v) is 7.95. The van der Waals surface area contributed by atoms with Gasteiger partial charge in [-0.3, -0.25) is 14.5 Å². The number of methoxy groups -OCH3 is 2. The first-order valence-electron chi connectivity index (χ1n) is 10.5. The number of amides is 2. The van der Waals surface area contributed by atoms with E-state index < -0.39 is 0 Å². The van der Waals surface area contributed by atoms with E-state index in [1.54, 1.807) is 32.4 Å². The zero-order chi connectivity index (χ0) is 22.4. The smallest absolute Gasteiger partial charge is 0.238 e. The minimum Gasteiger partial charge on any atom is -0.497 e. The van der Waals surface area contributed by atoms with Gasteiger partial charge in [-0.2, -0.15) is 0 Å². The molecule has 0 spiro atoms. The van der Waals surface area contributed by atoms with Gasteiger partial charge >= 0.3 is 0 Å². The van der Waals surface area contributed by atoms with Gasteiger partial charge in [0, 0.05) is 17.7 Å². The standard InChI is InChI=1S/C24H31N3O4/c1-16-5-6-19(13-17(16)2)25-23(28)15-27-11-9-18(10-12-27)24(29)26-21-14-20(30-3)7-8-22(21)31-4/h5-8,13-14,18H,9-12,15H2,1-4H3,(H,25,28)(H,26,29). The van der Waals surface area contributed by atoms with Crippen LogP contribution in [0.15, 0.2) is 36.4 Å². The average molecular weight is 426 g/mol. The van der Waals surface area contributed by atoms with Crippen molar-refractivity contribution in [2.75, 3.05) is 44.5 Å². The number of piperidine rings is 1. The molecule has 7 nitrogen and oxygen atoms in total. The summed E-state index contributed by atoms with van der Waals surface area (Å²) in [6, 6.07) is 11.2. The maximum absolute atomic E-state index is 12.8. The number of aryl methyl sites for hydroxylation is 2.